The Morgan fingerprint density at radius 1 is 1.22 bits per heavy atom. The van der Waals surface area contributed by atoms with Crippen LogP contribution in [-0.2, 0) is 30.5 Å². The number of benzene rings is 1. The topological polar surface area (TPSA) is 134 Å². The van der Waals surface area contributed by atoms with Crippen LogP contribution in [0.1, 0.15) is 71.3 Å². The number of alkyl carbamates (subject to hydrolysis) is 1. The van der Waals surface area contributed by atoms with Crippen LogP contribution < -0.4 is 10.6 Å². The van der Waals surface area contributed by atoms with Crippen molar-refractivity contribution in [1.29, 1.82) is 0 Å². The van der Waals surface area contributed by atoms with Gasteiger partial charge in [-0.1, -0.05) is 53.1 Å². The molecule has 5 atom stereocenters. The molecule has 2 fully saturated rings. The van der Waals surface area contributed by atoms with Gasteiger partial charge < -0.3 is 30.1 Å². The van der Waals surface area contributed by atoms with Gasteiger partial charge in [-0.2, -0.15) is 0 Å². The molecule has 3 amide bonds. The second-order valence-corrected chi connectivity index (χ2v) is 13.1. The van der Waals surface area contributed by atoms with E-state index >= 15 is 0 Å². The van der Waals surface area contributed by atoms with Gasteiger partial charge in [0.25, 0.3) is 0 Å². The summed E-state index contributed by atoms with van der Waals surface area (Å²) in [4.78, 5) is 54.0. The van der Waals surface area contributed by atoms with Crippen LogP contribution in [0, 0.1) is 5.92 Å². The first-order chi connectivity index (χ1) is 19.4. The number of nitrogens with one attached hydrogen (secondary N) is 2. The zero-order valence-electron chi connectivity index (χ0n) is 23.9. The van der Waals surface area contributed by atoms with Crippen LogP contribution in [0.5, 0.6) is 0 Å². The van der Waals surface area contributed by atoms with E-state index in [-0.39, 0.29) is 25.5 Å². The first kappa shape index (κ1) is 31.0. The summed E-state index contributed by atoms with van der Waals surface area (Å²) < 4.78 is 12.5. The predicted molar refractivity (Wildman–Crippen MR) is 155 cm³/mol. The van der Waals surface area contributed by atoms with Gasteiger partial charge in [-0.05, 0) is 64.2 Å². The van der Waals surface area contributed by atoms with Crippen molar-refractivity contribution in [2.24, 2.45) is 5.92 Å². The lowest BCUT2D eigenvalue weighted by molar-refractivity contribution is -0.145. The van der Waals surface area contributed by atoms with Gasteiger partial charge in [0.15, 0.2) is 0 Å². The summed E-state index contributed by atoms with van der Waals surface area (Å²) in [5.41, 5.74) is -1.19. The second kappa shape index (κ2) is 12.9. The number of carbonyl (C=O) groups is 4. The van der Waals surface area contributed by atoms with Crippen LogP contribution >= 0.6 is 15.9 Å². The SMILES string of the molecule is CC(C)(C)OC(=O)N[C@H]1CCCCC/C=C\[C@@H]2C[C@@]2(C(=O)O)NC(=O)[C@@H]2C[C@@H](OCc3cccc(Br)c3)CN2C1=O. The maximum absolute atomic E-state index is 14.0. The Hall–Kier alpha value is -2.92. The van der Waals surface area contributed by atoms with Crippen LogP contribution in [0.4, 0.5) is 4.79 Å². The highest BCUT2D eigenvalue weighted by Gasteiger charge is 2.61. The molecule has 0 bridgehead atoms. The zero-order valence-corrected chi connectivity index (χ0v) is 25.4. The maximum Gasteiger partial charge on any atom is 0.408 e. The number of carboxylic acid groups (broad SMARTS) is 1. The number of amides is 3. The fourth-order valence-corrected chi connectivity index (χ4v) is 5.92. The Morgan fingerprint density at radius 2 is 2.00 bits per heavy atom. The molecule has 0 spiro atoms. The fraction of sp³-hybridized carbons (Fsp3) is 0.600. The van der Waals surface area contributed by atoms with Crippen LogP contribution in [0.25, 0.3) is 0 Å². The van der Waals surface area contributed by atoms with E-state index in [2.05, 4.69) is 26.6 Å². The molecule has 10 nitrogen and oxygen atoms in total. The van der Waals surface area contributed by atoms with E-state index in [1.54, 1.807) is 20.8 Å². The van der Waals surface area contributed by atoms with Crippen molar-refractivity contribution in [3.63, 3.8) is 0 Å². The molecular weight excluding hydrogens is 594 g/mol. The monoisotopic (exact) mass is 633 g/mol. The van der Waals surface area contributed by atoms with E-state index < -0.39 is 53.2 Å². The Balaban J connectivity index is 1.58. The third-order valence-electron chi connectivity index (χ3n) is 7.69. The molecule has 41 heavy (non-hydrogen) atoms. The third-order valence-corrected chi connectivity index (χ3v) is 8.18. The van der Waals surface area contributed by atoms with Gasteiger partial charge in [-0.3, -0.25) is 9.59 Å². The minimum Gasteiger partial charge on any atom is -0.479 e. The summed E-state index contributed by atoms with van der Waals surface area (Å²) in [5.74, 6) is -2.33. The smallest absolute Gasteiger partial charge is 0.408 e. The highest BCUT2D eigenvalue weighted by molar-refractivity contribution is 9.10. The molecule has 1 saturated carbocycles. The molecular formula is C30H40BrN3O7. The second-order valence-electron chi connectivity index (χ2n) is 12.1. The minimum atomic E-state index is -1.38. The van der Waals surface area contributed by atoms with E-state index in [4.69, 9.17) is 9.47 Å². The summed E-state index contributed by atoms with van der Waals surface area (Å²) in [5, 5.41) is 15.5. The average Bonchev–Trinajstić information content (AvgIpc) is 3.41. The number of rotatable bonds is 5. The van der Waals surface area contributed by atoms with E-state index in [0.29, 0.717) is 19.3 Å². The van der Waals surface area contributed by atoms with Crippen molar-refractivity contribution in [1.82, 2.24) is 15.5 Å². The Kier molecular flexibility index (Phi) is 9.79. The van der Waals surface area contributed by atoms with Gasteiger partial charge in [-0.25, -0.2) is 9.59 Å². The summed E-state index contributed by atoms with van der Waals surface area (Å²) in [7, 11) is 0. The zero-order chi connectivity index (χ0) is 29.8. The molecule has 0 unspecified atom stereocenters. The number of carboxylic acids is 1. The van der Waals surface area contributed by atoms with E-state index in [1.165, 1.54) is 4.90 Å². The summed E-state index contributed by atoms with van der Waals surface area (Å²) in [6.07, 6.45) is 6.74. The van der Waals surface area contributed by atoms with Crippen molar-refractivity contribution in [3.8, 4) is 0 Å². The highest BCUT2D eigenvalue weighted by atomic mass is 79.9. The lowest BCUT2D eigenvalue weighted by Crippen LogP contribution is -2.56. The quantitative estimate of drug-likeness (QED) is 0.411. The first-order valence-corrected chi connectivity index (χ1v) is 15.1. The van der Waals surface area contributed by atoms with Gasteiger partial charge in [0.2, 0.25) is 11.8 Å². The molecule has 2 aliphatic heterocycles. The number of halogens is 1. The standard InChI is InChI=1S/C30H40BrN3O7/c1-29(2,3)41-28(39)32-23-13-8-6-4-5-7-11-20-16-30(20,27(37)38)33-25(35)24-15-22(17-34(24)26(23)36)40-18-19-10-9-12-21(31)14-19/h7,9-12,14,20,22-24H,4-6,8,13,15-18H2,1-3H3,(H,32,39)(H,33,35)(H,37,38)/b11-7-/t20-,22-,23+,24+,30-/m1/s1. The fourth-order valence-electron chi connectivity index (χ4n) is 5.47. The van der Waals surface area contributed by atoms with E-state index in [1.807, 2.05) is 36.4 Å². The van der Waals surface area contributed by atoms with Gasteiger partial charge in [-0.15, -0.1) is 0 Å². The molecule has 3 aliphatic rings. The van der Waals surface area contributed by atoms with Crippen LogP contribution in [0.15, 0.2) is 40.9 Å². The number of carbonyl (C=O) groups excluding carboxylic acids is 3. The number of hydrogen-bond donors (Lipinski definition) is 3. The van der Waals surface area contributed by atoms with Crippen LogP contribution in [0.2, 0.25) is 0 Å². The molecule has 1 aromatic rings. The van der Waals surface area contributed by atoms with Crippen molar-refractivity contribution < 1.29 is 33.8 Å². The molecule has 2 heterocycles. The van der Waals surface area contributed by atoms with Crippen molar-refractivity contribution in [2.75, 3.05) is 6.54 Å². The summed E-state index contributed by atoms with van der Waals surface area (Å²) in [6, 6.07) is 5.84. The van der Waals surface area contributed by atoms with Crippen molar-refractivity contribution >= 4 is 39.8 Å². The predicted octanol–water partition coefficient (Wildman–Crippen LogP) is 4.31. The van der Waals surface area contributed by atoms with Gasteiger partial charge in [0.1, 0.15) is 23.2 Å². The van der Waals surface area contributed by atoms with Crippen LogP contribution in [-0.4, -0.2) is 69.8 Å². The van der Waals surface area contributed by atoms with Crippen molar-refractivity contribution in [3.05, 3.63) is 46.5 Å². The molecule has 0 aromatic heterocycles. The largest absolute Gasteiger partial charge is 0.479 e. The van der Waals surface area contributed by atoms with Gasteiger partial charge >= 0.3 is 12.1 Å². The molecule has 1 saturated heterocycles. The minimum absolute atomic E-state index is 0.140. The molecule has 3 N–H and O–H groups in total. The number of allylic oxidation sites excluding steroid dienone is 1. The number of nitrogens with zero attached hydrogens (tertiary/aromatic N) is 1. The molecule has 4 rings (SSSR count). The normalized spacial score (nSPS) is 29.7. The van der Waals surface area contributed by atoms with Gasteiger partial charge in [0, 0.05) is 23.4 Å². The lowest BCUT2D eigenvalue weighted by atomic mass is 10.0. The first-order valence-electron chi connectivity index (χ1n) is 14.3. The van der Waals surface area contributed by atoms with E-state index in [0.717, 1.165) is 29.3 Å². The number of ether oxygens (including phenoxy) is 2. The van der Waals surface area contributed by atoms with Crippen molar-refractivity contribution in [2.45, 2.75) is 102 Å². The summed E-state index contributed by atoms with van der Waals surface area (Å²) in [6.45, 7) is 5.66. The molecule has 224 valence electrons. The Labute approximate surface area is 249 Å². The van der Waals surface area contributed by atoms with E-state index in [9.17, 15) is 24.3 Å². The lowest BCUT2D eigenvalue weighted by Gasteiger charge is -2.30. The number of fused-ring (bicyclic) bond motifs is 2. The average molecular weight is 635 g/mol. The number of aliphatic carboxylic acids is 1. The number of hydrogen-bond acceptors (Lipinski definition) is 6. The third kappa shape index (κ3) is 8.09. The molecule has 1 aromatic carbocycles. The summed E-state index contributed by atoms with van der Waals surface area (Å²) >= 11 is 3.45. The molecule has 1 aliphatic carbocycles. The molecule has 11 heteroatoms. The van der Waals surface area contributed by atoms with Gasteiger partial charge in [0.05, 0.1) is 12.7 Å². The highest BCUT2D eigenvalue weighted by Crippen LogP contribution is 2.45. The Bertz CT molecular complexity index is 1180. The molecule has 0 radical (unpaired) electrons. The van der Waals surface area contributed by atoms with Crippen LogP contribution in [0.3, 0.4) is 0 Å². The maximum atomic E-state index is 14.0. The Morgan fingerprint density at radius 3 is 2.71 bits per heavy atom.